The zero-order chi connectivity index (χ0) is 17.2. The van der Waals surface area contributed by atoms with Crippen molar-refractivity contribution in [1.82, 2.24) is 15.6 Å². The average Bonchev–Trinajstić information content (AvgIpc) is 3.34. The Hall–Kier alpha value is -1.61. The Morgan fingerprint density at radius 2 is 2.04 bits per heavy atom. The van der Waals surface area contributed by atoms with Gasteiger partial charge in [-0.05, 0) is 30.7 Å². The quantitative estimate of drug-likeness (QED) is 0.353. The predicted molar refractivity (Wildman–Crippen MR) is 113 cm³/mol. The number of furan rings is 1. The van der Waals surface area contributed by atoms with E-state index in [-0.39, 0.29) is 24.0 Å². The molecule has 0 aromatic carbocycles. The molecule has 0 radical (unpaired) electrons. The highest BCUT2D eigenvalue weighted by Gasteiger charge is 2.15. The van der Waals surface area contributed by atoms with Crippen molar-refractivity contribution in [2.24, 2.45) is 10.9 Å². The Bertz CT molecular complexity index is 628. The largest absolute Gasteiger partial charge is 0.469 e. The molecule has 1 atom stereocenters. The molecular formula is C19H27IN4O2. The van der Waals surface area contributed by atoms with Crippen LogP contribution >= 0.6 is 24.0 Å². The van der Waals surface area contributed by atoms with E-state index in [1.807, 2.05) is 36.5 Å². The highest BCUT2D eigenvalue weighted by molar-refractivity contribution is 14.0. The van der Waals surface area contributed by atoms with E-state index in [2.05, 4.69) is 15.6 Å². The minimum atomic E-state index is 0. The van der Waals surface area contributed by atoms with Crippen LogP contribution in [-0.2, 0) is 17.6 Å². The molecule has 1 fully saturated rings. The molecule has 142 valence electrons. The number of pyridine rings is 1. The van der Waals surface area contributed by atoms with Crippen molar-refractivity contribution in [3.8, 4) is 0 Å². The monoisotopic (exact) mass is 470 g/mol. The molecule has 1 unspecified atom stereocenters. The summed E-state index contributed by atoms with van der Waals surface area (Å²) in [5.41, 5.74) is 1.08. The van der Waals surface area contributed by atoms with Crippen LogP contribution in [0.4, 0.5) is 0 Å². The number of guanidine groups is 1. The first-order valence-corrected chi connectivity index (χ1v) is 8.92. The Balaban J connectivity index is 0.00000243. The van der Waals surface area contributed by atoms with Gasteiger partial charge in [-0.3, -0.25) is 9.98 Å². The fourth-order valence-corrected chi connectivity index (χ4v) is 2.74. The van der Waals surface area contributed by atoms with Gasteiger partial charge < -0.3 is 19.8 Å². The zero-order valence-corrected chi connectivity index (χ0v) is 17.2. The SMILES string of the molecule is I.c1ccc(CCNC(=NCC2CCOC2)NCCc2ccco2)nc1. The van der Waals surface area contributed by atoms with Gasteiger partial charge in [0.2, 0.25) is 0 Å². The third-order valence-corrected chi connectivity index (χ3v) is 4.18. The van der Waals surface area contributed by atoms with Crippen molar-refractivity contribution in [3.05, 3.63) is 54.2 Å². The first-order chi connectivity index (χ1) is 12.4. The van der Waals surface area contributed by atoms with Crippen LogP contribution in [0.25, 0.3) is 0 Å². The summed E-state index contributed by atoms with van der Waals surface area (Å²) in [5.74, 6) is 2.35. The van der Waals surface area contributed by atoms with Crippen LogP contribution in [0.1, 0.15) is 17.9 Å². The molecule has 26 heavy (non-hydrogen) atoms. The number of nitrogens with one attached hydrogen (secondary N) is 2. The van der Waals surface area contributed by atoms with E-state index in [4.69, 9.17) is 14.1 Å². The zero-order valence-electron chi connectivity index (χ0n) is 14.9. The lowest BCUT2D eigenvalue weighted by Crippen LogP contribution is -2.39. The van der Waals surface area contributed by atoms with Gasteiger partial charge in [0, 0.05) is 56.9 Å². The number of aromatic nitrogens is 1. The fourth-order valence-electron chi connectivity index (χ4n) is 2.74. The molecule has 2 N–H and O–H groups in total. The lowest BCUT2D eigenvalue weighted by molar-refractivity contribution is 0.187. The van der Waals surface area contributed by atoms with Crippen LogP contribution < -0.4 is 10.6 Å². The molecule has 1 aliphatic rings. The van der Waals surface area contributed by atoms with Crippen molar-refractivity contribution >= 4 is 29.9 Å². The molecule has 3 heterocycles. The molecule has 0 spiro atoms. The lowest BCUT2D eigenvalue weighted by atomic mass is 10.1. The first-order valence-electron chi connectivity index (χ1n) is 8.92. The summed E-state index contributed by atoms with van der Waals surface area (Å²) < 4.78 is 10.8. The normalized spacial score (nSPS) is 16.9. The summed E-state index contributed by atoms with van der Waals surface area (Å²) >= 11 is 0. The third kappa shape index (κ3) is 7.33. The van der Waals surface area contributed by atoms with E-state index in [1.54, 1.807) is 6.26 Å². The second kappa shape index (κ2) is 11.9. The molecule has 0 aliphatic carbocycles. The van der Waals surface area contributed by atoms with Crippen molar-refractivity contribution in [3.63, 3.8) is 0 Å². The minimum absolute atomic E-state index is 0. The summed E-state index contributed by atoms with van der Waals surface area (Å²) in [6, 6.07) is 9.89. The van der Waals surface area contributed by atoms with E-state index in [9.17, 15) is 0 Å². The summed E-state index contributed by atoms with van der Waals surface area (Å²) in [7, 11) is 0. The number of ether oxygens (including phenoxy) is 1. The van der Waals surface area contributed by atoms with Gasteiger partial charge in [0.25, 0.3) is 0 Å². The number of rotatable bonds is 8. The number of nitrogens with zero attached hydrogens (tertiary/aromatic N) is 2. The molecule has 7 heteroatoms. The van der Waals surface area contributed by atoms with Crippen LogP contribution in [0.2, 0.25) is 0 Å². The summed E-state index contributed by atoms with van der Waals surface area (Å²) in [6.45, 7) is 4.04. The van der Waals surface area contributed by atoms with Crippen LogP contribution in [0, 0.1) is 5.92 Å². The number of hydrogen-bond donors (Lipinski definition) is 2. The van der Waals surface area contributed by atoms with Crippen LogP contribution in [-0.4, -0.2) is 43.8 Å². The second-order valence-corrected chi connectivity index (χ2v) is 6.17. The van der Waals surface area contributed by atoms with Crippen LogP contribution in [0.15, 0.2) is 52.2 Å². The molecular weight excluding hydrogens is 443 g/mol. The Morgan fingerprint density at radius 3 is 2.73 bits per heavy atom. The standard InChI is InChI=1S/C19H26N4O2.HI/c1-2-9-20-17(4-1)6-10-21-19(23-14-16-8-13-24-15-16)22-11-7-18-5-3-12-25-18;/h1-5,9,12,16H,6-8,10-11,13-15H2,(H2,21,22,23);1H. The van der Waals surface area contributed by atoms with Gasteiger partial charge in [0.1, 0.15) is 5.76 Å². The van der Waals surface area contributed by atoms with E-state index < -0.39 is 0 Å². The Labute approximate surface area is 171 Å². The molecule has 0 bridgehead atoms. The van der Waals surface area contributed by atoms with Gasteiger partial charge in [-0.2, -0.15) is 0 Å². The van der Waals surface area contributed by atoms with Crippen molar-refractivity contribution in [2.45, 2.75) is 19.3 Å². The number of halogens is 1. The summed E-state index contributed by atoms with van der Waals surface area (Å²) in [6.07, 6.45) is 6.32. The molecule has 6 nitrogen and oxygen atoms in total. The van der Waals surface area contributed by atoms with Crippen LogP contribution in [0.3, 0.4) is 0 Å². The van der Waals surface area contributed by atoms with E-state index >= 15 is 0 Å². The third-order valence-electron chi connectivity index (χ3n) is 4.18. The van der Waals surface area contributed by atoms with Gasteiger partial charge in [-0.1, -0.05) is 6.07 Å². The topological polar surface area (TPSA) is 71.7 Å². The summed E-state index contributed by atoms with van der Waals surface area (Å²) in [5, 5.41) is 6.79. The second-order valence-electron chi connectivity index (χ2n) is 6.17. The molecule has 1 saturated heterocycles. The maximum atomic E-state index is 5.43. The Morgan fingerprint density at radius 1 is 1.15 bits per heavy atom. The maximum absolute atomic E-state index is 5.43. The fraction of sp³-hybridized carbons (Fsp3) is 0.474. The van der Waals surface area contributed by atoms with Gasteiger partial charge in [0.15, 0.2) is 5.96 Å². The van der Waals surface area contributed by atoms with Gasteiger partial charge in [-0.15, -0.1) is 24.0 Å². The van der Waals surface area contributed by atoms with Gasteiger partial charge in [0.05, 0.1) is 12.9 Å². The highest BCUT2D eigenvalue weighted by atomic mass is 127. The highest BCUT2D eigenvalue weighted by Crippen LogP contribution is 2.12. The molecule has 0 saturated carbocycles. The molecule has 3 rings (SSSR count). The molecule has 2 aromatic rings. The molecule has 0 amide bonds. The van der Waals surface area contributed by atoms with Crippen molar-refractivity contribution in [2.75, 3.05) is 32.8 Å². The smallest absolute Gasteiger partial charge is 0.191 e. The van der Waals surface area contributed by atoms with Gasteiger partial charge >= 0.3 is 0 Å². The van der Waals surface area contributed by atoms with Crippen LogP contribution in [0.5, 0.6) is 0 Å². The molecule has 2 aromatic heterocycles. The van der Waals surface area contributed by atoms with Gasteiger partial charge in [-0.25, -0.2) is 0 Å². The first kappa shape index (κ1) is 20.7. The van der Waals surface area contributed by atoms with Crippen molar-refractivity contribution in [1.29, 1.82) is 0 Å². The lowest BCUT2D eigenvalue weighted by Gasteiger charge is -2.13. The maximum Gasteiger partial charge on any atom is 0.191 e. The average molecular weight is 470 g/mol. The van der Waals surface area contributed by atoms with E-state index in [0.29, 0.717) is 5.92 Å². The predicted octanol–water partition coefficient (Wildman–Crippen LogP) is 2.65. The number of aliphatic imine (C=N–C) groups is 1. The Kier molecular flexibility index (Phi) is 9.47. The minimum Gasteiger partial charge on any atom is -0.469 e. The number of hydrogen-bond acceptors (Lipinski definition) is 4. The summed E-state index contributed by atoms with van der Waals surface area (Å²) in [4.78, 5) is 9.07. The molecule has 1 aliphatic heterocycles. The van der Waals surface area contributed by atoms with Crippen molar-refractivity contribution < 1.29 is 9.15 Å². The van der Waals surface area contributed by atoms with E-state index in [1.165, 1.54) is 0 Å². The van der Waals surface area contributed by atoms with E-state index in [0.717, 1.165) is 69.5 Å².